The second-order valence-electron chi connectivity index (χ2n) is 8.29. The van der Waals surface area contributed by atoms with Crippen molar-refractivity contribution in [2.45, 2.75) is 31.3 Å². The molecule has 8 nitrogen and oxygen atoms in total. The van der Waals surface area contributed by atoms with Crippen LogP contribution >= 0.6 is 0 Å². The van der Waals surface area contributed by atoms with E-state index in [-0.39, 0.29) is 18.6 Å². The van der Waals surface area contributed by atoms with Crippen LogP contribution in [0.2, 0.25) is 0 Å². The molecule has 0 radical (unpaired) electrons. The minimum absolute atomic E-state index is 0.0816. The molecular weight excluding hydrogens is 410 g/mol. The summed E-state index contributed by atoms with van der Waals surface area (Å²) in [5, 5.41) is 14.3. The summed E-state index contributed by atoms with van der Waals surface area (Å²) >= 11 is 0. The maximum Gasteiger partial charge on any atom is 0.407 e. The summed E-state index contributed by atoms with van der Waals surface area (Å²) in [4.78, 5) is 38.1. The summed E-state index contributed by atoms with van der Waals surface area (Å²) in [5.41, 5.74) is 4.35. The van der Waals surface area contributed by atoms with Crippen molar-refractivity contribution in [2.24, 2.45) is 0 Å². The molecule has 0 aromatic heterocycles. The number of likely N-dealkylation sites (N-methyl/N-ethyl adjacent to an activating group) is 1. The van der Waals surface area contributed by atoms with E-state index in [0.29, 0.717) is 6.54 Å². The second-order valence-corrected chi connectivity index (χ2v) is 8.29. The Labute approximate surface area is 187 Å². The van der Waals surface area contributed by atoms with E-state index in [0.717, 1.165) is 22.3 Å². The third-order valence-corrected chi connectivity index (χ3v) is 5.36. The number of hydrogen-bond donors (Lipinski definition) is 3. The molecule has 0 aliphatic heterocycles. The number of nitrogens with one attached hydrogen (secondary N) is 2. The first-order valence-electron chi connectivity index (χ1n) is 10.5. The molecule has 2 atom stereocenters. The quantitative estimate of drug-likeness (QED) is 0.554. The summed E-state index contributed by atoms with van der Waals surface area (Å²) < 4.78 is 5.44. The number of nitrogens with zero attached hydrogens (tertiary/aromatic N) is 1. The predicted octanol–water partition coefficient (Wildman–Crippen LogP) is 2.43. The van der Waals surface area contributed by atoms with Gasteiger partial charge < -0.3 is 25.4 Å². The molecule has 32 heavy (non-hydrogen) atoms. The lowest BCUT2D eigenvalue weighted by molar-refractivity contribution is -0.140. The van der Waals surface area contributed by atoms with Gasteiger partial charge in [0.2, 0.25) is 5.91 Å². The Kier molecular flexibility index (Phi) is 7.48. The van der Waals surface area contributed by atoms with Crippen molar-refractivity contribution in [3.05, 3.63) is 59.7 Å². The molecule has 170 valence electrons. The molecule has 2 aromatic rings. The number of carboxylic acids is 1. The molecule has 0 heterocycles. The normalized spacial score (nSPS) is 14.2. The number of amides is 2. The summed E-state index contributed by atoms with van der Waals surface area (Å²) in [6.45, 7) is 2.47. The van der Waals surface area contributed by atoms with Crippen molar-refractivity contribution in [1.82, 2.24) is 15.5 Å². The van der Waals surface area contributed by atoms with E-state index in [9.17, 15) is 14.4 Å². The SMILES string of the molecule is C[C@@H](CN(C)C)NC(=O)C(CC(=O)O)NC(=O)OCC1c2ccccc2-c2ccccc21. The second kappa shape index (κ2) is 10.3. The molecule has 2 aromatic carbocycles. The minimum atomic E-state index is -1.23. The molecule has 0 saturated heterocycles. The van der Waals surface area contributed by atoms with Gasteiger partial charge in [0.1, 0.15) is 12.6 Å². The van der Waals surface area contributed by atoms with Crippen LogP contribution in [0.3, 0.4) is 0 Å². The molecule has 0 spiro atoms. The zero-order valence-corrected chi connectivity index (χ0v) is 18.5. The van der Waals surface area contributed by atoms with E-state index in [4.69, 9.17) is 9.84 Å². The van der Waals surface area contributed by atoms with Crippen LogP contribution in [-0.4, -0.2) is 67.3 Å². The number of carboxylic acid groups (broad SMARTS) is 1. The first-order valence-corrected chi connectivity index (χ1v) is 10.5. The fraction of sp³-hybridized carbons (Fsp3) is 0.375. The molecule has 0 saturated carbocycles. The summed E-state index contributed by atoms with van der Waals surface area (Å²) in [6.07, 6.45) is -1.36. The highest BCUT2D eigenvalue weighted by atomic mass is 16.5. The first-order chi connectivity index (χ1) is 15.3. The van der Waals surface area contributed by atoms with E-state index in [1.807, 2.05) is 74.4 Å². The zero-order chi connectivity index (χ0) is 23.3. The highest BCUT2D eigenvalue weighted by Gasteiger charge is 2.30. The highest BCUT2D eigenvalue weighted by Crippen LogP contribution is 2.44. The van der Waals surface area contributed by atoms with Gasteiger partial charge in [-0.25, -0.2) is 4.79 Å². The molecule has 3 rings (SSSR count). The minimum Gasteiger partial charge on any atom is -0.481 e. The van der Waals surface area contributed by atoms with Crippen LogP contribution in [0.25, 0.3) is 11.1 Å². The summed E-state index contributed by atoms with van der Waals surface area (Å²) in [5.74, 6) is -1.88. The molecule has 1 unspecified atom stereocenters. The third kappa shape index (κ3) is 5.64. The number of hydrogen-bond acceptors (Lipinski definition) is 5. The van der Waals surface area contributed by atoms with Crippen molar-refractivity contribution < 1.29 is 24.2 Å². The molecule has 1 aliphatic rings. The maximum absolute atomic E-state index is 12.5. The molecule has 8 heteroatoms. The van der Waals surface area contributed by atoms with Gasteiger partial charge >= 0.3 is 12.1 Å². The number of carbonyl (C=O) groups excluding carboxylic acids is 2. The van der Waals surface area contributed by atoms with Crippen molar-refractivity contribution >= 4 is 18.0 Å². The number of benzene rings is 2. The highest BCUT2D eigenvalue weighted by molar-refractivity contribution is 5.89. The smallest absolute Gasteiger partial charge is 0.407 e. The molecule has 3 N–H and O–H groups in total. The predicted molar refractivity (Wildman–Crippen MR) is 120 cm³/mol. The van der Waals surface area contributed by atoms with Crippen molar-refractivity contribution in [1.29, 1.82) is 0 Å². The van der Waals surface area contributed by atoms with Gasteiger partial charge in [-0.3, -0.25) is 9.59 Å². The monoisotopic (exact) mass is 439 g/mol. The van der Waals surface area contributed by atoms with E-state index < -0.39 is 30.4 Å². The number of aliphatic carboxylic acids is 1. The van der Waals surface area contributed by atoms with Crippen LogP contribution in [0.15, 0.2) is 48.5 Å². The van der Waals surface area contributed by atoms with Gasteiger partial charge in [-0.2, -0.15) is 0 Å². The molecular formula is C24H29N3O5. The van der Waals surface area contributed by atoms with Gasteiger partial charge in [-0.1, -0.05) is 48.5 Å². The van der Waals surface area contributed by atoms with Gasteiger partial charge in [0.15, 0.2) is 0 Å². The standard InChI is InChI=1S/C24H29N3O5/c1-15(13-27(2)3)25-23(30)21(12-22(28)29)26-24(31)32-14-20-18-10-6-4-8-16(18)17-9-5-7-11-19(17)20/h4-11,15,20-21H,12-14H2,1-3H3,(H,25,30)(H,26,31)(H,28,29)/t15-,21?/m0/s1. The van der Waals surface area contributed by atoms with Crippen LogP contribution < -0.4 is 10.6 Å². The first kappa shape index (κ1) is 23.3. The number of ether oxygens (including phenoxy) is 1. The van der Waals surface area contributed by atoms with E-state index >= 15 is 0 Å². The Bertz CT molecular complexity index is 946. The van der Waals surface area contributed by atoms with Gasteiger partial charge in [-0.05, 0) is 43.3 Å². The summed E-state index contributed by atoms with van der Waals surface area (Å²) in [7, 11) is 3.73. The Morgan fingerprint density at radius 2 is 1.56 bits per heavy atom. The van der Waals surface area contributed by atoms with Crippen LogP contribution in [0, 0.1) is 0 Å². The topological polar surface area (TPSA) is 108 Å². The van der Waals surface area contributed by atoms with E-state index in [2.05, 4.69) is 10.6 Å². The Hall–Kier alpha value is -3.39. The molecule has 0 bridgehead atoms. The van der Waals surface area contributed by atoms with Gasteiger partial charge in [-0.15, -0.1) is 0 Å². The lowest BCUT2D eigenvalue weighted by Crippen LogP contribution is -2.51. The van der Waals surface area contributed by atoms with Gasteiger partial charge in [0.05, 0.1) is 6.42 Å². The van der Waals surface area contributed by atoms with Crippen LogP contribution in [0.4, 0.5) is 4.79 Å². The average molecular weight is 440 g/mol. The van der Waals surface area contributed by atoms with Gasteiger partial charge in [0.25, 0.3) is 0 Å². The number of alkyl carbamates (subject to hydrolysis) is 1. The van der Waals surface area contributed by atoms with Gasteiger partial charge in [0, 0.05) is 18.5 Å². The van der Waals surface area contributed by atoms with Crippen LogP contribution in [-0.2, 0) is 14.3 Å². The van der Waals surface area contributed by atoms with Crippen LogP contribution in [0.1, 0.15) is 30.4 Å². The number of fused-ring (bicyclic) bond motifs is 3. The largest absolute Gasteiger partial charge is 0.481 e. The molecule has 2 amide bonds. The summed E-state index contributed by atoms with van der Waals surface area (Å²) in [6, 6.07) is 14.5. The average Bonchev–Trinajstić information content (AvgIpc) is 3.04. The van der Waals surface area contributed by atoms with Crippen molar-refractivity contribution in [3.63, 3.8) is 0 Å². The fourth-order valence-corrected chi connectivity index (χ4v) is 4.10. The fourth-order valence-electron chi connectivity index (χ4n) is 4.10. The lowest BCUT2D eigenvalue weighted by atomic mass is 9.98. The maximum atomic E-state index is 12.5. The third-order valence-electron chi connectivity index (χ3n) is 5.36. The Balaban J connectivity index is 1.64. The van der Waals surface area contributed by atoms with Crippen molar-refractivity contribution in [3.8, 4) is 11.1 Å². The van der Waals surface area contributed by atoms with E-state index in [1.165, 1.54) is 0 Å². The van der Waals surface area contributed by atoms with Crippen molar-refractivity contribution in [2.75, 3.05) is 27.2 Å². The molecule has 1 aliphatic carbocycles. The van der Waals surface area contributed by atoms with E-state index in [1.54, 1.807) is 0 Å². The van der Waals surface area contributed by atoms with Crippen LogP contribution in [0.5, 0.6) is 0 Å². The molecule has 0 fully saturated rings. The lowest BCUT2D eigenvalue weighted by Gasteiger charge is -2.22. The number of carbonyl (C=O) groups is 3. The number of rotatable bonds is 9. The Morgan fingerprint density at radius 3 is 2.09 bits per heavy atom. The Morgan fingerprint density at radius 1 is 1.00 bits per heavy atom. The zero-order valence-electron chi connectivity index (χ0n) is 18.5.